The van der Waals surface area contributed by atoms with Crippen LogP contribution in [0.15, 0.2) is 53.1 Å². The molecule has 1 aliphatic rings. The number of piperazine rings is 1. The van der Waals surface area contributed by atoms with E-state index in [4.69, 9.17) is 15.4 Å². The molecule has 1 fully saturated rings. The minimum Gasteiger partial charge on any atom is -0.449 e. The maximum absolute atomic E-state index is 11.5. The summed E-state index contributed by atoms with van der Waals surface area (Å²) < 4.78 is 5.75. The molecule has 4 aromatic rings. The summed E-state index contributed by atoms with van der Waals surface area (Å²) in [7, 11) is 0. The number of hydrogen-bond donors (Lipinski definition) is 2. The molecule has 35 heavy (non-hydrogen) atoms. The van der Waals surface area contributed by atoms with Gasteiger partial charge in [0, 0.05) is 48.7 Å². The first-order valence-electron chi connectivity index (χ1n) is 11.4. The van der Waals surface area contributed by atoms with E-state index in [2.05, 4.69) is 27.0 Å². The van der Waals surface area contributed by atoms with Gasteiger partial charge in [0.25, 0.3) is 5.91 Å². The normalized spacial score (nSPS) is 13.9. The quantitative estimate of drug-likeness (QED) is 0.343. The van der Waals surface area contributed by atoms with Crippen molar-refractivity contribution in [1.29, 1.82) is 5.26 Å². The third-order valence-corrected chi connectivity index (χ3v) is 6.55. The lowest BCUT2D eigenvalue weighted by molar-refractivity contribution is 0.0976. The number of benzene rings is 2. The predicted octanol–water partition coefficient (Wildman–Crippen LogP) is 4.87. The summed E-state index contributed by atoms with van der Waals surface area (Å²) in [5.41, 5.74) is 10.2. The van der Waals surface area contributed by atoms with E-state index in [-0.39, 0.29) is 30.6 Å². The van der Waals surface area contributed by atoms with Gasteiger partial charge in [0.15, 0.2) is 11.3 Å². The van der Waals surface area contributed by atoms with Crippen molar-refractivity contribution in [2.24, 2.45) is 5.73 Å². The van der Waals surface area contributed by atoms with Crippen molar-refractivity contribution >= 4 is 58.3 Å². The Balaban J connectivity index is 0.00000171. The molecule has 0 atom stereocenters. The number of aromatic amines is 1. The van der Waals surface area contributed by atoms with Gasteiger partial charge in [-0.25, -0.2) is 0 Å². The minimum atomic E-state index is -0.542. The number of hydrogen-bond acceptors (Lipinski definition) is 5. The molecule has 1 amide bonds. The molecule has 3 N–H and O–H groups in total. The SMILES string of the molecule is Cl.Cl.N#Cc1ccc2[nH]cc(CCCCN3CCN(c4cccc5cc(C(N)=O)oc45)CC3)c2c1. The first-order chi connectivity index (χ1) is 16.1. The number of nitriles is 1. The molecule has 0 aliphatic carbocycles. The van der Waals surface area contributed by atoms with E-state index in [1.54, 1.807) is 6.07 Å². The van der Waals surface area contributed by atoms with Crippen LogP contribution in [0.4, 0.5) is 5.69 Å². The molecule has 0 spiro atoms. The van der Waals surface area contributed by atoms with Crippen LogP contribution >= 0.6 is 24.8 Å². The highest BCUT2D eigenvalue weighted by atomic mass is 35.5. The number of para-hydroxylation sites is 1. The number of anilines is 1. The molecule has 0 radical (unpaired) electrons. The molecule has 2 aromatic heterocycles. The third-order valence-electron chi connectivity index (χ3n) is 6.55. The number of carbonyl (C=O) groups excluding carboxylic acids is 1. The van der Waals surface area contributed by atoms with Crippen LogP contribution in [0.1, 0.15) is 34.5 Å². The number of nitrogens with two attached hydrogens (primary N) is 1. The highest BCUT2D eigenvalue weighted by molar-refractivity contribution is 5.98. The number of unbranched alkanes of at least 4 members (excludes halogenated alkanes) is 1. The standard InChI is InChI=1S/C26H27N5O2.2ClH/c27-16-18-7-8-22-21(14-18)20(17-29-22)4-1-2-9-30-10-12-31(13-11-30)23-6-3-5-19-15-24(26(28)32)33-25(19)23;;/h3,5-8,14-15,17,29H,1-2,4,9-13H2,(H2,28,32);2*1H. The van der Waals surface area contributed by atoms with Crippen LogP contribution in [-0.4, -0.2) is 48.5 Å². The van der Waals surface area contributed by atoms with Crippen LogP contribution in [0.3, 0.4) is 0 Å². The molecule has 0 bridgehead atoms. The summed E-state index contributed by atoms with van der Waals surface area (Å²) >= 11 is 0. The van der Waals surface area contributed by atoms with E-state index in [1.165, 1.54) is 5.56 Å². The van der Waals surface area contributed by atoms with Crippen molar-refractivity contribution in [2.45, 2.75) is 19.3 Å². The molecular weight excluding hydrogens is 485 g/mol. The molecule has 2 aromatic carbocycles. The second kappa shape index (κ2) is 11.5. The Morgan fingerprint density at radius 3 is 2.63 bits per heavy atom. The van der Waals surface area contributed by atoms with Crippen molar-refractivity contribution in [1.82, 2.24) is 9.88 Å². The van der Waals surface area contributed by atoms with E-state index in [9.17, 15) is 4.79 Å². The number of nitrogens with one attached hydrogen (secondary N) is 1. The molecule has 9 heteroatoms. The Labute approximate surface area is 216 Å². The Morgan fingerprint density at radius 1 is 1.09 bits per heavy atom. The van der Waals surface area contributed by atoms with Crippen molar-refractivity contribution in [2.75, 3.05) is 37.6 Å². The average molecular weight is 514 g/mol. The first kappa shape index (κ1) is 26.4. The van der Waals surface area contributed by atoms with Gasteiger partial charge >= 0.3 is 0 Å². The summed E-state index contributed by atoms with van der Waals surface area (Å²) in [6.07, 6.45) is 5.34. The number of aromatic nitrogens is 1. The van der Waals surface area contributed by atoms with Crippen molar-refractivity contribution in [3.8, 4) is 6.07 Å². The van der Waals surface area contributed by atoms with Gasteiger partial charge in [-0.3, -0.25) is 9.69 Å². The van der Waals surface area contributed by atoms with Gasteiger partial charge in [0.2, 0.25) is 0 Å². The van der Waals surface area contributed by atoms with Crippen LogP contribution in [0, 0.1) is 11.3 Å². The van der Waals surface area contributed by atoms with Crippen molar-refractivity contribution in [3.63, 3.8) is 0 Å². The van der Waals surface area contributed by atoms with Gasteiger partial charge in [0.05, 0.1) is 17.3 Å². The van der Waals surface area contributed by atoms with Gasteiger partial charge in [-0.05, 0) is 61.7 Å². The Hall–Kier alpha value is -3.18. The Bertz CT molecular complexity index is 1350. The number of aryl methyl sites for hydroxylation is 1. The Kier molecular flexibility index (Phi) is 8.68. The highest BCUT2D eigenvalue weighted by Crippen LogP contribution is 2.30. The van der Waals surface area contributed by atoms with E-state index >= 15 is 0 Å². The second-order valence-corrected chi connectivity index (χ2v) is 8.64. The fourth-order valence-corrected chi connectivity index (χ4v) is 4.74. The Morgan fingerprint density at radius 2 is 1.89 bits per heavy atom. The zero-order valence-corrected chi connectivity index (χ0v) is 21.0. The van der Waals surface area contributed by atoms with E-state index in [0.717, 1.165) is 79.5 Å². The van der Waals surface area contributed by atoms with Crippen molar-refractivity contribution < 1.29 is 9.21 Å². The molecule has 5 rings (SSSR count). The predicted molar refractivity (Wildman–Crippen MR) is 144 cm³/mol. The summed E-state index contributed by atoms with van der Waals surface area (Å²) in [6.45, 7) is 4.92. The molecule has 184 valence electrons. The highest BCUT2D eigenvalue weighted by Gasteiger charge is 2.21. The van der Waals surface area contributed by atoms with Gasteiger partial charge in [-0.1, -0.05) is 12.1 Å². The lowest BCUT2D eigenvalue weighted by Crippen LogP contribution is -2.46. The smallest absolute Gasteiger partial charge is 0.284 e. The number of fused-ring (bicyclic) bond motifs is 2. The monoisotopic (exact) mass is 513 g/mol. The molecule has 0 unspecified atom stereocenters. The topological polar surface area (TPSA) is 102 Å². The number of rotatable bonds is 7. The molecule has 0 saturated carbocycles. The summed E-state index contributed by atoms with van der Waals surface area (Å²) in [4.78, 5) is 19.6. The number of nitrogens with zero attached hydrogens (tertiary/aromatic N) is 3. The van der Waals surface area contributed by atoms with Gasteiger partial charge in [-0.15, -0.1) is 24.8 Å². The van der Waals surface area contributed by atoms with Crippen LogP contribution in [-0.2, 0) is 6.42 Å². The molecule has 3 heterocycles. The lowest BCUT2D eigenvalue weighted by Gasteiger charge is -2.36. The third kappa shape index (κ3) is 5.57. The van der Waals surface area contributed by atoms with E-state index < -0.39 is 5.91 Å². The number of amides is 1. The summed E-state index contributed by atoms with van der Waals surface area (Å²) in [6, 6.07) is 15.7. The fourth-order valence-electron chi connectivity index (χ4n) is 4.74. The lowest BCUT2D eigenvalue weighted by atomic mass is 10.1. The van der Waals surface area contributed by atoms with Gasteiger partial charge in [0.1, 0.15) is 0 Å². The van der Waals surface area contributed by atoms with Crippen LogP contribution in [0.2, 0.25) is 0 Å². The zero-order chi connectivity index (χ0) is 22.8. The van der Waals surface area contributed by atoms with E-state index in [1.807, 2.05) is 36.4 Å². The van der Waals surface area contributed by atoms with Crippen LogP contribution < -0.4 is 10.6 Å². The largest absolute Gasteiger partial charge is 0.449 e. The second-order valence-electron chi connectivity index (χ2n) is 8.64. The molecule has 1 saturated heterocycles. The maximum atomic E-state index is 11.5. The summed E-state index contributed by atoms with van der Waals surface area (Å²) in [5.74, 6) is -0.338. The first-order valence-corrected chi connectivity index (χ1v) is 11.4. The maximum Gasteiger partial charge on any atom is 0.284 e. The number of H-pyrrole nitrogens is 1. The molecule has 7 nitrogen and oxygen atoms in total. The fraction of sp³-hybridized carbons (Fsp3) is 0.308. The minimum absolute atomic E-state index is 0. The number of primary amides is 1. The van der Waals surface area contributed by atoms with Gasteiger partial charge in [-0.2, -0.15) is 5.26 Å². The van der Waals surface area contributed by atoms with Gasteiger partial charge < -0.3 is 20.0 Å². The average Bonchev–Trinajstić information content (AvgIpc) is 3.46. The molecule has 1 aliphatic heterocycles. The zero-order valence-electron chi connectivity index (χ0n) is 19.3. The van der Waals surface area contributed by atoms with Crippen molar-refractivity contribution in [3.05, 3.63) is 65.5 Å². The van der Waals surface area contributed by atoms with Crippen LogP contribution in [0.25, 0.3) is 21.9 Å². The number of carbonyl (C=O) groups is 1. The number of halogens is 2. The van der Waals surface area contributed by atoms with E-state index in [0.29, 0.717) is 5.56 Å². The molecular formula is C26H29Cl2N5O2. The van der Waals surface area contributed by atoms with Crippen LogP contribution in [0.5, 0.6) is 0 Å². The summed E-state index contributed by atoms with van der Waals surface area (Å²) in [5, 5.41) is 11.2. The number of furan rings is 1.